The first-order chi connectivity index (χ1) is 10.1. The van der Waals surface area contributed by atoms with Crippen molar-refractivity contribution < 1.29 is 5.11 Å². The summed E-state index contributed by atoms with van der Waals surface area (Å²) in [6, 6.07) is 20.6. The maximum absolute atomic E-state index is 10.5. The maximum atomic E-state index is 10.5. The second-order valence-electron chi connectivity index (χ2n) is 5.29. The summed E-state index contributed by atoms with van der Waals surface area (Å²) >= 11 is 1.65. The Morgan fingerprint density at radius 1 is 0.905 bits per heavy atom. The average Bonchev–Trinajstić information content (AvgIpc) is 2.94. The zero-order valence-corrected chi connectivity index (χ0v) is 13.0. The number of aliphatic hydroxyl groups is 1. The van der Waals surface area contributed by atoms with Crippen molar-refractivity contribution in [3.8, 4) is 11.1 Å². The molecule has 2 aromatic carbocycles. The molecule has 2 heteroatoms. The molecule has 3 aromatic rings. The van der Waals surface area contributed by atoms with Crippen LogP contribution in [0.2, 0.25) is 0 Å². The molecular weight excluding hydrogens is 276 g/mol. The van der Waals surface area contributed by atoms with E-state index >= 15 is 0 Å². The fourth-order valence-corrected chi connectivity index (χ4v) is 3.45. The standard InChI is InChI=1S/C19H18OS/c1-13-12-16(19(20)18-11-8-14(2)21-18)9-10-17(13)15-6-4-3-5-7-15/h3-12,19-20H,1-2H3/t19-/m0/s1. The number of hydrogen-bond donors (Lipinski definition) is 1. The molecule has 0 aliphatic heterocycles. The Morgan fingerprint density at radius 3 is 2.29 bits per heavy atom. The summed E-state index contributed by atoms with van der Waals surface area (Å²) in [6.45, 7) is 4.16. The highest BCUT2D eigenvalue weighted by Gasteiger charge is 2.13. The summed E-state index contributed by atoms with van der Waals surface area (Å²) in [5, 5.41) is 10.5. The number of thiophene rings is 1. The predicted molar refractivity (Wildman–Crippen MR) is 89.7 cm³/mol. The highest BCUT2D eigenvalue weighted by molar-refractivity contribution is 7.12. The molecule has 1 aromatic heterocycles. The van der Waals surface area contributed by atoms with Crippen LogP contribution in [0.25, 0.3) is 11.1 Å². The Kier molecular flexibility index (Phi) is 3.91. The quantitative estimate of drug-likeness (QED) is 0.711. The molecule has 1 nitrogen and oxygen atoms in total. The van der Waals surface area contributed by atoms with Gasteiger partial charge in [-0.1, -0.05) is 48.5 Å². The van der Waals surface area contributed by atoms with E-state index in [0.29, 0.717) is 0 Å². The molecule has 0 unspecified atom stereocenters. The van der Waals surface area contributed by atoms with E-state index in [2.05, 4.69) is 44.2 Å². The van der Waals surface area contributed by atoms with E-state index in [-0.39, 0.29) is 0 Å². The molecule has 0 bridgehead atoms. The fraction of sp³-hybridized carbons (Fsp3) is 0.158. The van der Waals surface area contributed by atoms with E-state index in [1.54, 1.807) is 11.3 Å². The molecule has 3 rings (SSSR count). The molecular formula is C19H18OS. The van der Waals surface area contributed by atoms with Gasteiger partial charge in [-0.05, 0) is 48.2 Å². The number of aliphatic hydroxyl groups excluding tert-OH is 1. The minimum Gasteiger partial charge on any atom is -0.383 e. The van der Waals surface area contributed by atoms with Gasteiger partial charge >= 0.3 is 0 Å². The van der Waals surface area contributed by atoms with Crippen molar-refractivity contribution in [3.63, 3.8) is 0 Å². The first-order valence-corrected chi connectivity index (χ1v) is 7.87. The van der Waals surface area contributed by atoms with Gasteiger partial charge in [-0.2, -0.15) is 0 Å². The molecule has 0 amide bonds. The van der Waals surface area contributed by atoms with Gasteiger partial charge in [-0.25, -0.2) is 0 Å². The normalized spacial score (nSPS) is 12.3. The van der Waals surface area contributed by atoms with Crippen LogP contribution in [0.3, 0.4) is 0 Å². The van der Waals surface area contributed by atoms with Gasteiger partial charge in [0.1, 0.15) is 6.10 Å². The molecule has 0 saturated heterocycles. The average molecular weight is 294 g/mol. The fourth-order valence-electron chi connectivity index (χ4n) is 2.56. The molecule has 1 heterocycles. The van der Waals surface area contributed by atoms with Gasteiger partial charge in [0.15, 0.2) is 0 Å². The highest BCUT2D eigenvalue weighted by Crippen LogP contribution is 2.31. The Morgan fingerprint density at radius 2 is 1.67 bits per heavy atom. The molecule has 0 saturated carbocycles. The van der Waals surface area contributed by atoms with Crippen molar-refractivity contribution >= 4 is 11.3 Å². The second kappa shape index (κ2) is 5.84. The van der Waals surface area contributed by atoms with Crippen molar-refractivity contribution in [1.82, 2.24) is 0 Å². The smallest absolute Gasteiger partial charge is 0.113 e. The van der Waals surface area contributed by atoms with E-state index in [1.165, 1.54) is 21.6 Å². The van der Waals surface area contributed by atoms with Crippen LogP contribution >= 0.6 is 11.3 Å². The summed E-state index contributed by atoms with van der Waals surface area (Å²) in [6.07, 6.45) is -0.535. The first kappa shape index (κ1) is 14.1. The lowest BCUT2D eigenvalue weighted by Gasteiger charge is -2.13. The van der Waals surface area contributed by atoms with E-state index in [0.717, 1.165) is 10.4 Å². The Hall–Kier alpha value is -1.90. The number of rotatable bonds is 3. The molecule has 0 radical (unpaired) electrons. The van der Waals surface area contributed by atoms with E-state index < -0.39 is 6.10 Å². The van der Waals surface area contributed by atoms with Gasteiger partial charge in [0.05, 0.1) is 0 Å². The Labute approximate surface area is 129 Å². The predicted octanol–water partition coefficient (Wildman–Crippen LogP) is 5.11. The lowest BCUT2D eigenvalue weighted by atomic mass is 9.96. The van der Waals surface area contributed by atoms with Gasteiger partial charge in [-0.15, -0.1) is 11.3 Å². The zero-order chi connectivity index (χ0) is 14.8. The molecule has 1 atom stereocenters. The summed E-state index contributed by atoms with van der Waals surface area (Å²) in [5.74, 6) is 0. The van der Waals surface area contributed by atoms with Crippen LogP contribution < -0.4 is 0 Å². The molecule has 1 N–H and O–H groups in total. The van der Waals surface area contributed by atoms with Crippen LogP contribution in [-0.4, -0.2) is 5.11 Å². The molecule has 0 fully saturated rings. The van der Waals surface area contributed by atoms with Crippen molar-refractivity contribution in [3.05, 3.63) is 81.5 Å². The van der Waals surface area contributed by atoms with Crippen LogP contribution in [0.4, 0.5) is 0 Å². The van der Waals surface area contributed by atoms with Gasteiger partial charge in [0.2, 0.25) is 0 Å². The number of benzene rings is 2. The van der Waals surface area contributed by atoms with E-state index in [1.807, 2.05) is 30.3 Å². The van der Waals surface area contributed by atoms with Crippen LogP contribution in [0.15, 0.2) is 60.7 Å². The molecule has 0 aliphatic rings. The van der Waals surface area contributed by atoms with Crippen LogP contribution in [0, 0.1) is 13.8 Å². The van der Waals surface area contributed by atoms with Crippen LogP contribution in [0.1, 0.15) is 27.0 Å². The lowest BCUT2D eigenvalue weighted by Crippen LogP contribution is -1.98. The van der Waals surface area contributed by atoms with E-state index in [9.17, 15) is 5.11 Å². The molecule has 0 spiro atoms. The van der Waals surface area contributed by atoms with Crippen LogP contribution in [0.5, 0.6) is 0 Å². The SMILES string of the molecule is Cc1ccc([C@@H](O)c2ccc(-c3ccccc3)c(C)c2)s1. The van der Waals surface area contributed by atoms with Crippen molar-refractivity contribution in [2.75, 3.05) is 0 Å². The number of aryl methyl sites for hydroxylation is 2. The largest absolute Gasteiger partial charge is 0.383 e. The van der Waals surface area contributed by atoms with E-state index in [4.69, 9.17) is 0 Å². The zero-order valence-electron chi connectivity index (χ0n) is 12.2. The van der Waals surface area contributed by atoms with Gasteiger partial charge in [0.25, 0.3) is 0 Å². The van der Waals surface area contributed by atoms with Gasteiger partial charge in [0, 0.05) is 9.75 Å². The van der Waals surface area contributed by atoms with Gasteiger partial charge < -0.3 is 5.11 Å². The number of hydrogen-bond acceptors (Lipinski definition) is 2. The van der Waals surface area contributed by atoms with Crippen molar-refractivity contribution in [2.45, 2.75) is 20.0 Å². The Balaban J connectivity index is 1.94. The maximum Gasteiger partial charge on any atom is 0.113 e. The lowest BCUT2D eigenvalue weighted by molar-refractivity contribution is 0.224. The summed E-state index contributed by atoms with van der Waals surface area (Å²) in [5.41, 5.74) is 4.57. The molecule has 106 valence electrons. The van der Waals surface area contributed by atoms with Crippen LogP contribution in [-0.2, 0) is 0 Å². The summed E-state index contributed by atoms with van der Waals surface area (Å²) < 4.78 is 0. The van der Waals surface area contributed by atoms with Crippen molar-refractivity contribution in [1.29, 1.82) is 0 Å². The first-order valence-electron chi connectivity index (χ1n) is 7.05. The summed E-state index contributed by atoms with van der Waals surface area (Å²) in [7, 11) is 0. The second-order valence-corrected chi connectivity index (χ2v) is 6.61. The Bertz CT molecular complexity index is 743. The topological polar surface area (TPSA) is 20.2 Å². The van der Waals surface area contributed by atoms with Gasteiger partial charge in [-0.3, -0.25) is 0 Å². The third-order valence-corrected chi connectivity index (χ3v) is 4.73. The highest BCUT2D eigenvalue weighted by atomic mass is 32.1. The minimum atomic E-state index is -0.535. The van der Waals surface area contributed by atoms with Crippen molar-refractivity contribution in [2.24, 2.45) is 0 Å². The monoisotopic (exact) mass is 294 g/mol. The molecule has 0 aliphatic carbocycles. The third-order valence-electron chi connectivity index (χ3n) is 3.68. The summed E-state index contributed by atoms with van der Waals surface area (Å²) in [4.78, 5) is 2.22. The third kappa shape index (κ3) is 2.92. The molecule has 21 heavy (non-hydrogen) atoms. The minimum absolute atomic E-state index is 0.535.